The number of benzene rings is 2. The molecule has 0 bridgehead atoms. The monoisotopic (exact) mass is 438 g/mol. The van der Waals surface area contributed by atoms with Crippen molar-refractivity contribution in [2.75, 3.05) is 51.0 Å². The van der Waals surface area contributed by atoms with Crippen molar-refractivity contribution < 1.29 is 19.4 Å². The maximum atomic E-state index is 12.1. The molecule has 0 saturated carbocycles. The molecule has 2 fully saturated rings. The highest BCUT2D eigenvalue weighted by Gasteiger charge is 2.24. The van der Waals surface area contributed by atoms with Gasteiger partial charge in [0.05, 0.1) is 18.8 Å². The summed E-state index contributed by atoms with van der Waals surface area (Å²) in [5.41, 5.74) is 5.48. The zero-order valence-electron chi connectivity index (χ0n) is 19.2. The second-order valence-electron chi connectivity index (χ2n) is 8.69. The second kappa shape index (κ2) is 10.5. The van der Waals surface area contributed by atoms with Gasteiger partial charge in [-0.05, 0) is 61.1 Å². The fourth-order valence-electron chi connectivity index (χ4n) is 4.83. The van der Waals surface area contributed by atoms with Crippen LogP contribution in [0.3, 0.4) is 0 Å². The largest absolute Gasteiger partial charge is 0.478 e. The number of carboxylic acids is 1. The van der Waals surface area contributed by atoms with E-state index in [1.807, 2.05) is 13.0 Å². The van der Waals surface area contributed by atoms with Crippen LogP contribution in [0.25, 0.3) is 11.1 Å². The molecule has 2 aromatic carbocycles. The smallest absolute Gasteiger partial charge is 0.336 e. The summed E-state index contributed by atoms with van der Waals surface area (Å²) < 4.78 is 11.0. The topological polar surface area (TPSA) is 62.2 Å². The van der Waals surface area contributed by atoms with Crippen LogP contribution < -0.4 is 4.90 Å². The van der Waals surface area contributed by atoms with Gasteiger partial charge in [-0.25, -0.2) is 4.79 Å². The number of carboxylic acid groups (broad SMARTS) is 1. The van der Waals surface area contributed by atoms with E-state index in [2.05, 4.69) is 47.1 Å². The van der Waals surface area contributed by atoms with Crippen LogP contribution >= 0.6 is 0 Å². The van der Waals surface area contributed by atoms with Gasteiger partial charge in [-0.1, -0.05) is 24.3 Å². The molecular formula is C26H34N2O4. The van der Waals surface area contributed by atoms with Gasteiger partial charge in [-0.15, -0.1) is 0 Å². The molecule has 1 N–H and O–H groups in total. The molecule has 2 aliphatic heterocycles. The Balaban J connectivity index is 1.63. The molecule has 0 spiro atoms. The third-order valence-corrected chi connectivity index (χ3v) is 6.69. The first-order chi connectivity index (χ1) is 15.6. The van der Waals surface area contributed by atoms with Crippen LogP contribution in [0.1, 0.15) is 41.3 Å². The molecule has 0 radical (unpaired) electrons. The number of rotatable bonds is 7. The Kier molecular flexibility index (Phi) is 7.45. The Morgan fingerprint density at radius 2 is 1.69 bits per heavy atom. The predicted molar refractivity (Wildman–Crippen MR) is 127 cm³/mol. The third kappa shape index (κ3) is 5.14. The van der Waals surface area contributed by atoms with Crippen LogP contribution in [0.2, 0.25) is 0 Å². The van der Waals surface area contributed by atoms with Crippen LogP contribution in [-0.2, 0) is 16.0 Å². The highest BCUT2D eigenvalue weighted by molar-refractivity contribution is 5.94. The van der Waals surface area contributed by atoms with Gasteiger partial charge in [0, 0.05) is 51.1 Å². The highest BCUT2D eigenvalue weighted by atomic mass is 16.5. The van der Waals surface area contributed by atoms with Gasteiger partial charge in [0.25, 0.3) is 0 Å². The molecule has 6 heteroatoms. The number of hydrogen-bond acceptors (Lipinski definition) is 5. The fraction of sp³-hybridized carbons (Fsp3) is 0.500. The molecule has 32 heavy (non-hydrogen) atoms. The molecule has 0 atom stereocenters. The zero-order valence-corrected chi connectivity index (χ0v) is 19.2. The van der Waals surface area contributed by atoms with E-state index < -0.39 is 5.97 Å². The van der Waals surface area contributed by atoms with E-state index >= 15 is 0 Å². The Morgan fingerprint density at radius 3 is 2.31 bits per heavy atom. The van der Waals surface area contributed by atoms with E-state index in [0.717, 1.165) is 87.8 Å². The summed E-state index contributed by atoms with van der Waals surface area (Å²) in [5.74, 6) is -0.877. The van der Waals surface area contributed by atoms with Crippen LogP contribution in [0.4, 0.5) is 5.69 Å². The van der Waals surface area contributed by atoms with E-state index in [0.29, 0.717) is 11.6 Å². The van der Waals surface area contributed by atoms with Crippen molar-refractivity contribution >= 4 is 11.7 Å². The number of hydrogen-bond donors (Lipinski definition) is 1. The number of carbonyl (C=O) groups is 1. The van der Waals surface area contributed by atoms with Crippen LogP contribution in [0.15, 0.2) is 36.4 Å². The lowest BCUT2D eigenvalue weighted by Gasteiger charge is -2.36. The van der Waals surface area contributed by atoms with E-state index in [1.54, 1.807) is 0 Å². The third-order valence-electron chi connectivity index (χ3n) is 6.69. The summed E-state index contributed by atoms with van der Waals surface area (Å²) in [5, 5.41) is 9.90. The molecule has 2 heterocycles. The molecule has 172 valence electrons. The maximum absolute atomic E-state index is 12.1. The Bertz CT molecular complexity index is 916. The molecule has 0 unspecified atom stereocenters. The molecule has 6 nitrogen and oxygen atoms in total. The minimum absolute atomic E-state index is 0.375. The summed E-state index contributed by atoms with van der Waals surface area (Å²) >= 11 is 0. The van der Waals surface area contributed by atoms with Crippen LogP contribution in [-0.4, -0.2) is 68.1 Å². The van der Waals surface area contributed by atoms with E-state index in [9.17, 15) is 9.90 Å². The van der Waals surface area contributed by atoms with Crippen molar-refractivity contribution in [3.8, 4) is 11.1 Å². The summed E-state index contributed by atoms with van der Waals surface area (Å²) in [4.78, 5) is 16.8. The minimum atomic E-state index is -0.877. The molecule has 2 aliphatic rings. The summed E-state index contributed by atoms with van der Waals surface area (Å²) in [7, 11) is 0. The molecule has 0 aliphatic carbocycles. The number of anilines is 1. The number of ether oxygens (including phenoxy) is 2. The summed E-state index contributed by atoms with van der Waals surface area (Å²) in [6, 6.07) is 12.9. The van der Waals surface area contributed by atoms with Crippen LogP contribution in [0.5, 0.6) is 0 Å². The normalized spacial score (nSPS) is 17.9. The average Bonchev–Trinajstić information content (AvgIpc) is 2.82. The lowest BCUT2D eigenvalue weighted by atomic mass is 9.95. The summed E-state index contributed by atoms with van der Waals surface area (Å²) in [6.45, 7) is 10.9. The van der Waals surface area contributed by atoms with E-state index in [4.69, 9.17) is 9.47 Å². The molecule has 4 rings (SSSR count). The van der Waals surface area contributed by atoms with Crippen molar-refractivity contribution in [1.29, 1.82) is 0 Å². The van der Waals surface area contributed by atoms with Gasteiger partial charge < -0.3 is 19.5 Å². The van der Waals surface area contributed by atoms with Gasteiger partial charge in [0.15, 0.2) is 0 Å². The molecular weight excluding hydrogens is 404 g/mol. The SMILES string of the molecule is CCN(c1cc(-c2ccc(CN3CCOCC3)cc2)cc(C(=O)O)c1C)C1CCOCC1. The predicted octanol–water partition coefficient (Wildman–Crippen LogP) is 4.20. The molecule has 2 saturated heterocycles. The van der Waals surface area contributed by atoms with Crippen molar-refractivity contribution in [3.63, 3.8) is 0 Å². The first kappa shape index (κ1) is 22.8. The molecule has 2 aromatic rings. The zero-order chi connectivity index (χ0) is 22.5. The Labute approximate surface area is 190 Å². The summed E-state index contributed by atoms with van der Waals surface area (Å²) in [6.07, 6.45) is 1.94. The van der Waals surface area contributed by atoms with Gasteiger partial charge >= 0.3 is 5.97 Å². The van der Waals surface area contributed by atoms with Gasteiger partial charge in [-0.2, -0.15) is 0 Å². The van der Waals surface area contributed by atoms with Gasteiger partial charge in [0.2, 0.25) is 0 Å². The number of aromatic carboxylic acids is 1. The standard InChI is InChI=1S/C26H34N2O4/c1-3-28(23-8-12-31-13-9-23)25-17-22(16-24(19(25)2)26(29)30)21-6-4-20(5-7-21)18-27-10-14-32-15-11-27/h4-7,16-17,23H,3,8-15,18H2,1-2H3,(H,29,30). The lowest BCUT2D eigenvalue weighted by Crippen LogP contribution is -2.40. The first-order valence-electron chi connectivity index (χ1n) is 11.7. The van der Waals surface area contributed by atoms with Crippen molar-refractivity contribution in [3.05, 3.63) is 53.1 Å². The van der Waals surface area contributed by atoms with Gasteiger partial charge in [0.1, 0.15) is 0 Å². The minimum Gasteiger partial charge on any atom is -0.478 e. The Hall–Kier alpha value is -2.41. The van der Waals surface area contributed by atoms with E-state index in [1.165, 1.54) is 5.56 Å². The van der Waals surface area contributed by atoms with E-state index in [-0.39, 0.29) is 0 Å². The fourth-order valence-corrected chi connectivity index (χ4v) is 4.83. The molecule has 0 amide bonds. The molecule has 0 aromatic heterocycles. The van der Waals surface area contributed by atoms with Crippen molar-refractivity contribution in [2.45, 2.75) is 39.3 Å². The number of nitrogens with zero attached hydrogens (tertiary/aromatic N) is 2. The highest BCUT2D eigenvalue weighted by Crippen LogP contribution is 2.34. The first-order valence-corrected chi connectivity index (χ1v) is 11.7. The quantitative estimate of drug-likeness (QED) is 0.699. The average molecular weight is 439 g/mol. The maximum Gasteiger partial charge on any atom is 0.336 e. The van der Waals surface area contributed by atoms with Crippen LogP contribution in [0, 0.1) is 6.92 Å². The number of morpholine rings is 1. The lowest BCUT2D eigenvalue weighted by molar-refractivity contribution is 0.0342. The van der Waals surface area contributed by atoms with Gasteiger partial charge in [-0.3, -0.25) is 4.90 Å². The van der Waals surface area contributed by atoms with Crippen molar-refractivity contribution in [2.24, 2.45) is 0 Å². The second-order valence-corrected chi connectivity index (χ2v) is 8.69. The van der Waals surface area contributed by atoms with Crippen molar-refractivity contribution in [1.82, 2.24) is 4.90 Å². The Morgan fingerprint density at radius 1 is 1.03 bits per heavy atom.